The van der Waals surface area contributed by atoms with Gasteiger partial charge in [-0.2, -0.15) is 0 Å². The number of carbonyl (C=O) groups excluding carboxylic acids is 1. The summed E-state index contributed by atoms with van der Waals surface area (Å²) in [6, 6.07) is 0. The number of morpholine rings is 1. The first-order valence-corrected chi connectivity index (χ1v) is 6.42. The van der Waals surface area contributed by atoms with Crippen molar-refractivity contribution in [2.24, 2.45) is 5.92 Å². The number of hydrogen-bond acceptors (Lipinski definition) is 3. The molecule has 0 aliphatic carbocycles. The second kappa shape index (κ2) is 6.21. The molecule has 0 bridgehead atoms. The maximum atomic E-state index is 11.9. The van der Waals surface area contributed by atoms with E-state index in [0.29, 0.717) is 31.5 Å². The quantitative estimate of drug-likeness (QED) is 0.767. The SMILES string of the molecule is O=C(CC[C@@H]1CCCNC1)N1CCOCC1. The molecule has 4 nitrogen and oxygen atoms in total. The first kappa shape index (κ1) is 11.9. The van der Waals surface area contributed by atoms with Crippen LogP contribution >= 0.6 is 0 Å². The third-order valence-corrected chi connectivity index (χ3v) is 3.53. The number of nitrogens with one attached hydrogen (secondary N) is 1. The van der Waals surface area contributed by atoms with Gasteiger partial charge in [-0.1, -0.05) is 0 Å². The summed E-state index contributed by atoms with van der Waals surface area (Å²) < 4.78 is 5.24. The van der Waals surface area contributed by atoms with Crippen molar-refractivity contribution in [3.8, 4) is 0 Å². The van der Waals surface area contributed by atoms with Gasteiger partial charge in [0.15, 0.2) is 0 Å². The number of carbonyl (C=O) groups is 1. The molecule has 1 N–H and O–H groups in total. The van der Waals surface area contributed by atoms with Crippen LogP contribution < -0.4 is 5.32 Å². The molecule has 92 valence electrons. The van der Waals surface area contributed by atoms with E-state index in [4.69, 9.17) is 4.74 Å². The lowest BCUT2D eigenvalue weighted by molar-refractivity contribution is -0.135. The Balaban J connectivity index is 1.65. The van der Waals surface area contributed by atoms with Gasteiger partial charge in [0.05, 0.1) is 13.2 Å². The highest BCUT2D eigenvalue weighted by molar-refractivity contribution is 5.76. The van der Waals surface area contributed by atoms with E-state index in [1.165, 1.54) is 12.8 Å². The summed E-state index contributed by atoms with van der Waals surface area (Å²) in [5.41, 5.74) is 0. The second-order valence-corrected chi connectivity index (χ2v) is 4.74. The Morgan fingerprint density at radius 3 is 2.88 bits per heavy atom. The van der Waals surface area contributed by atoms with Gasteiger partial charge in [-0.25, -0.2) is 0 Å². The molecule has 1 atom stereocenters. The lowest BCUT2D eigenvalue weighted by Gasteiger charge is -2.28. The molecule has 4 heteroatoms. The van der Waals surface area contributed by atoms with Crippen molar-refractivity contribution in [1.29, 1.82) is 0 Å². The molecule has 0 aromatic carbocycles. The van der Waals surface area contributed by atoms with Gasteiger partial charge in [0.1, 0.15) is 0 Å². The zero-order valence-corrected chi connectivity index (χ0v) is 9.91. The topological polar surface area (TPSA) is 41.6 Å². The third kappa shape index (κ3) is 3.46. The lowest BCUT2D eigenvalue weighted by atomic mass is 9.94. The van der Waals surface area contributed by atoms with Crippen molar-refractivity contribution in [1.82, 2.24) is 10.2 Å². The fourth-order valence-corrected chi connectivity index (χ4v) is 2.47. The second-order valence-electron chi connectivity index (χ2n) is 4.74. The van der Waals surface area contributed by atoms with Crippen LogP contribution in [0.4, 0.5) is 0 Å². The van der Waals surface area contributed by atoms with Crippen molar-refractivity contribution in [3.05, 3.63) is 0 Å². The number of hydrogen-bond donors (Lipinski definition) is 1. The summed E-state index contributed by atoms with van der Waals surface area (Å²) in [6.07, 6.45) is 4.30. The van der Waals surface area contributed by atoms with Crippen molar-refractivity contribution in [2.75, 3.05) is 39.4 Å². The third-order valence-electron chi connectivity index (χ3n) is 3.53. The van der Waals surface area contributed by atoms with Gasteiger partial charge in [-0.15, -0.1) is 0 Å². The molecular formula is C12H22N2O2. The summed E-state index contributed by atoms with van der Waals surface area (Å²) in [4.78, 5) is 13.8. The number of amides is 1. The minimum absolute atomic E-state index is 0.314. The van der Waals surface area contributed by atoms with E-state index < -0.39 is 0 Å². The van der Waals surface area contributed by atoms with Gasteiger partial charge in [-0.05, 0) is 38.3 Å². The van der Waals surface area contributed by atoms with Crippen molar-refractivity contribution >= 4 is 5.91 Å². The summed E-state index contributed by atoms with van der Waals surface area (Å²) in [7, 11) is 0. The average molecular weight is 226 g/mol. The normalized spacial score (nSPS) is 26.8. The van der Waals surface area contributed by atoms with E-state index in [-0.39, 0.29) is 0 Å². The molecule has 1 amide bonds. The van der Waals surface area contributed by atoms with E-state index in [1.54, 1.807) is 0 Å². The van der Waals surface area contributed by atoms with Crippen molar-refractivity contribution < 1.29 is 9.53 Å². The zero-order valence-electron chi connectivity index (χ0n) is 9.91. The highest BCUT2D eigenvalue weighted by atomic mass is 16.5. The van der Waals surface area contributed by atoms with Gasteiger partial charge >= 0.3 is 0 Å². The van der Waals surface area contributed by atoms with Crippen LogP contribution in [0, 0.1) is 5.92 Å². The summed E-state index contributed by atoms with van der Waals surface area (Å²) in [5, 5.41) is 3.39. The molecule has 2 saturated heterocycles. The Kier molecular flexibility index (Phi) is 4.60. The molecular weight excluding hydrogens is 204 g/mol. The smallest absolute Gasteiger partial charge is 0.222 e. The molecule has 0 aromatic rings. The van der Waals surface area contributed by atoms with E-state index in [0.717, 1.165) is 32.6 Å². The van der Waals surface area contributed by atoms with Gasteiger partial charge in [-0.3, -0.25) is 4.79 Å². The fourth-order valence-electron chi connectivity index (χ4n) is 2.47. The Hall–Kier alpha value is -0.610. The average Bonchev–Trinajstić information content (AvgIpc) is 2.38. The fraction of sp³-hybridized carbons (Fsp3) is 0.917. The molecule has 0 radical (unpaired) electrons. The predicted molar refractivity (Wildman–Crippen MR) is 62.2 cm³/mol. The summed E-state index contributed by atoms with van der Waals surface area (Å²) in [6.45, 7) is 5.21. The van der Waals surface area contributed by atoms with E-state index >= 15 is 0 Å². The largest absolute Gasteiger partial charge is 0.378 e. The number of rotatable bonds is 3. The van der Waals surface area contributed by atoms with Crippen LogP contribution in [-0.2, 0) is 9.53 Å². The highest BCUT2D eigenvalue weighted by Gasteiger charge is 2.19. The van der Waals surface area contributed by atoms with Crippen molar-refractivity contribution in [2.45, 2.75) is 25.7 Å². The van der Waals surface area contributed by atoms with Gasteiger partial charge in [0.2, 0.25) is 5.91 Å². The Labute approximate surface area is 97.3 Å². The maximum absolute atomic E-state index is 11.9. The lowest BCUT2D eigenvalue weighted by Crippen LogP contribution is -2.41. The predicted octanol–water partition coefficient (Wildman–Crippen LogP) is 0.625. The van der Waals surface area contributed by atoms with Gasteiger partial charge in [0.25, 0.3) is 0 Å². The molecule has 2 fully saturated rings. The van der Waals surface area contributed by atoms with Crippen LogP contribution in [0.1, 0.15) is 25.7 Å². The molecule has 0 spiro atoms. The zero-order chi connectivity index (χ0) is 11.2. The van der Waals surface area contributed by atoms with Gasteiger partial charge in [0, 0.05) is 19.5 Å². The standard InChI is InChI=1S/C12H22N2O2/c15-12(14-6-8-16-9-7-14)4-3-11-2-1-5-13-10-11/h11,13H,1-10H2/t11-/m0/s1. The minimum atomic E-state index is 0.314. The van der Waals surface area contributed by atoms with Crippen LogP contribution in [0.25, 0.3) is 0 Å². The monoisotopic (exact) mass is 226 g/mol. The van der Waals surface area contributed by atoms with E-state index in [9.17, 15) is 4.79 Å². The summed E-state index contributed by atoms with van der Waals surface area (Å²) >= 11 is 0. The molecule has 2 aliphatic rings. The number of nitrogens with zero attached hydrogens (tertiary/aromatic N) is 1. The molecule has 16 heavy (non-hydrogen) atoms. The number of piperidine rings is 1. The number of ether oxygens (including phenoxy) is 1. The van der Waals surface area contributed by atoms with E-state index in [2.05, 4.69) is 5.32 Å². The Morgan fingerprint density at radius 1 is 1.38 bits per heavy atom. The molecule has 0 aromatic heterocycles. The maximum Gasteiger partial charge on any atom is 0.222 e. The molecule has 2 aliphatic heterocycles. The first-order chi connectivity index (χ1) is 7.86. The summed E-state index contributed by atoms with van der Waals surface area (Å²) in [5.74, 6) is 1.02. The minimum Gasteiger partial charge on any atom is -0.378 e. The molecule has 0 saturated carbocycles. The molecule has 2 rings (SSSR count). The van der Waals surface area contributed by atoms with E-state index in [1.807, 2.05) is 4.90 Å². The first-order valence-electron chi connectivity index (χ1n) is 6.42. The van der Waals surface area contributed by atoms with Crippen LogP contribution in [0.3, 0.4) is 0 Å². The highest BCUT2D eigenvalue weighted by Crippen LogP contribution is 2.16. The van der Waals surface area contributed by atoms with Crippen LogP contribution in [-0.4, -0.2) is 50.2 Å². The van der Waals surface area contributed by atoms with Gasteiger partial charge < -0.3 is 15.0 Å². The van der Waals surface area contributed by atoms with Crippen molar-refractivity contribution in [3.63, 3.8) is 0 Å². The Bertz CT molecular complexity index is 221. The Morgan fingerprint density at radius 2 is 2.19 bits per heavy atom. The van der Waals surface area contributed by atoms with Crippen LogP contribution in [0.5, 0.6) is 0 Å². The van der Waals surface area contributed by atoms with Crippen LogP contribution in [0.2, 0.25) is 0 Å². The molecule has 0 unspecified atom stereocenters. The van der Waals surface area contributed by atoms with Crippen LogP contribution in [0.15, 0.2) is 0 Å². The molecule has 2 heterocycles.